The van der Waals surface area contributed by atoms with Crippen LogP contribution < -0.4 is 0 Å². The van der Waals surface area contributed by atoms with E-state index in [0.717, 1.165) is 17.2 Å². The van der Waals surface area contributed by atoms with E-state index in [1.54, 1.807) is 0 Å². The first kappa shape index (κ1) is 18.8. The van der Waals surface area contributed by atoms with Gasteiger partial charge in [-0.2, -0.15) is 26.3 Å². The Bertz CT molecular complexity index is 806. The topological polar surface area (TPSA) is 68.0 Å². The van der Waals surface area contributed by atoms with Crippen LogP contribution in [0.1, 0.15) is 11.1 Å². The van der Waals surface area contributed by atoms with Gasteiger partial charge in [0, 0.05) is 17.8 Å². The number of rotatable bonds is 3. The van der Waals surface area contributed by atoms with Crippen LogP contribution in [0.4, 0.5) is 26.3 Å². The van der Waals surface area contributed by atoms with E-state index >= 15 is 0 Å². The number of carboxylic acid groups (broad SMARTS) is 1. The maximum absolute atomic E-state index is 13.0. The van der Waals surface area contributed by atoms with Crippen LogP contribution in [0.5, 0.6) is 0 Å². The molecular formula is C13H6ClF6N3O2. The fraction of sp³-hybridized carbons (Fsp3) is 0.154. The zero-order valence-electron chi connectivity index (χ0n) is 11.7. The van der Waals surface area contributed by atoms with E-state index in [-0.39, 0.29) is 0 Å². The Kier molecular flexibility index (Phi) is 4.80. The standard InChI is InChI=1S/C13H6ClF6N3O2/c14-10-7(12(15,16)17)3-6(4-8(10)13(18,19)20)11-21-5-23(22-11)2-1-9(24)25/h1-5H,(H,24,25). The van der Waals surface area contributed by atoms with Crippen LogP contribution in [-0.4, -0.2) is 25.8 Å². The van der Waals surface area contributed by atoms with Crippen LogP contribution in [0, 0.1) is 0 Å². The number of alkyl halides is 6. The summed E-state index contributed by atoms with van der Waals surface area (Å²) in [6, 6.07) is 0.774. The lowest BCUT2D eigenvalue weighted by Crippen LogP contribution is -2.13. The van der Waals surface area contributed by atoms with Crippen molar-refractivity contribution >= 4 is 23.8 Å². The minimum atomic E-state index is -5.13. The summed E-state index contributed by atoms with van der Waals surface area (Å²) in [6.45, 7) is 0. The zero-order valence-corrected chi connectivity index (χ0v) is 12.5. The lowest BCUT2D eigenvalue weighted by atomic mass is 10.0. The second kappa shape index (κ2) is 6.39. The van der Waals surface area contributed by atoms with Crippen molar-refractivity contribution in [3.8, 4) is 11.4 Å². The molecule has 1 heterocycles. The van der Waals surface area contributed by atoms with Crippen LogP contribution in [0.25, 0.3) is 17.6 Å². The highest BCUT2D eigenvalue weighted by Gasteiger charge is 2.41. The van der Waals surface area contributed by atoms with E-state index in [1.807, 2.05) is 0 Å². The summed E-state index contributed by atoms with van der Waals surface area (Å²) in [4.78, 5) is 14.0. The highest BCUT2D eigenvalue weighted by atomic mass is 35.5. The van der Waals surface area contributed by atoms with Crippen molar-refractivity contribution in [1.29, 1.82) is 0 Å². The minimum absolute atomic E-state index is 0.387. The van der Waals surface area contributed by atoms with Crippen molar-refractivity contribution in [1.82, 2.24) is 14.8 Å². The molecule has 0 saturated carbocycles. The lowest BCUT2D eigenvalue weighted by molar-refractivity contribution is -0.142. The second-order valence-electron chi connectivity index (χ2n) is 4.58. The van der Waals surface area contributed by atoms with Gasteiger partial charge in [-0.15, -0.1) is 5.10 Å². The third kappa shape index (κ3) is 4.29. The van der Waals surface area contributed by atoms with E-state index in [1.165, 1.54) is 0 Å². The van der Waals surface area contributed by atoms with Crippen molar-refractivity contribution in [3.63, 3.8) is 0 Å². The highest BCUT2D eigenvalue weighted by Crippen LogP contribution is 2.44. The Hall–Kier alpha value is -2.56. The molecule has 0 aliphatic rings. The number of nitrogens with zero attached hydrogens (tertiary/aromatic N) is 3. The molecule has 0 fully saturated rings. The van der Waals surface area contributed by atoms with E-state index in [9.17, 15) is 31.1 Å². The molecule has 1 aromatic carbocycles. The SMILES string of the molecule is O=C(O)C=Cn1cnc(-c2cc(C(F)(F)F)c(Cl)c(C(F)(F)F)c2)n1. The number of hydrogen-bond donors (Lipinski definition) is 1. The molecule has 134 valence electrons. The van der Waals surface area contributed by atoms with Crippen LogP contribution >= 0.6 is 11.6 Å². The summed E-state index contributed by atoms with van der Waals surface area (Å²) in [5.74, 6) is -1.80. The molecule has 2 rings (SSSR count). The van der Waals surface area contributed by atoms with Gasteiger partial charge in [-0.05, 0) is 12.1 Å². The molecule has 0 aliphatic heterocycles. The third-order valence-corrected chi connectivity index (χ3v) is 3.23. The van der Waals surface area contributed by atoms with Crippen molar-refractivity contribution in [2.75, 3.05) is 0 Å². The molecule has 0 aliphatic carbocycles. The van der Waals surface area contributed by atoms with Crippen molar-refractivity contribution in [3.05, 3.63) is 40.7 Å². The molecule has 1 aromatic heterocycles. The zero-order chi connectivity index (χ0) is 19.0. The summed E-state index contributed by atoms with van der Waals surface area (Å²) >= 11 is 5.26. The van der Waals surface area contributed by atoms with E-state index in [2.05, 4.69) is 10.1 Å². The predicted octanol–water partition coefficient (Wildman–Crippen LogP) is 4.19. The summed E-state index contributed by atoms with van der Waals surface area (Å²) in [6.07, 6.45) is -7.77. The molecule has 12 heteroatoms. The second-order valence-corrected chi connectivity index (χ2v) is 4.96. The molecule has 0 spiro atoms. The minimum Gasteiger partial charge on any atom is -0.478 e. The Morgan fingerprint density at radius 1 is 1.12 bits per heavy atom. The van der Waals surface area contributed by atoms with Crippen LogP contribution in [0.3, 0.4) is 0 Å². The summed E-state index contributed by atoms with van der Waals surface area (Å²) in [5.41, 5.74) is -3.95. The van der Waals surface area contributed by atoms with Gasteiger partial charge in [0.15, 0.2) is 5.82 Å². The maximum atomic E-state index is 13.0. The van der Waals surface area contributed by atoms with E-state index < -0.39 is 45.9 Å². The molecule has 5 nitrogen and oxygen atoms in total. The molecule has 0 radical (unpaired) electrons. The Morgan fingerprint density at radius 2 is 1.64 bits per heavy atom. The van der Waals surface area contributed by atoms with Crippen molar-refractivity contribution in [2.45, 2.75) is 12.4 Å². The maximum Gasteiger partial charge on any atom is 0.417 e. The average molecular weight is 386 g/mol. The van der Waals surface area contributed by atoms with Crippen molar-refractivity contribution < 1.29 is 36.2 Å². The number of benzene rings is 1. The highest BCUT2D eigenvalue weighted by molar-refractivity contribution is 6.32. The summed E-state index contributed by atoms with van der Waals surface area (Å²) < 4.78 is 78.5. The third-order valence-electron chi connectivity index (χ3n) is 2.82. The number of carbonyl (C=O) groups is 1. The van der Waals surface area contributed by atoms with E-state index in [4.69, 9.17) is 16.7 Å². The molecule has 1 N–H and O–H groups in total. The first-order valence-corrected chi connectivity index (χ1v) is 6.58. The Morgan fingerprint density at radius 3 is 2.08 bits per heavy atom. The molecule has 0 atom stereocenters. The first-order valence-electron chi connectivity index (χ1n) is 6.20. The van der Waals surface area contributed by atoms with Crippen LogP contribution in [0.2, 0.25) is 5.02 Å². The largest absolute Gasteiger partial charge is 0.478 e. The van der Waals surface area contributed by atoms with Crippen LogP contribution in [0.15, 0.2) is 24.5 Å². The van der Waals surface area contributed by atoms with Gasteiger partial charge in [0.1, 0.15) is 6.33 Å². The van der Waals surface area contributed by atoms with Crippen molar-refractivity contribution in [2.24, 2.45) is 0 Å². The monoisotopic (exact) mass is 385 g/mol. The fourth-order valence-electron chi connectivity index (χ4n) is 1.79. The van der Waals surface area contributed by atoms with E-state index in [0.29, 0.717) is 18.2 Å². The fourth-order valence-corrected chi connectivity index (χ4v) is 2.11. The number of aliphatic carboxylic acids is 1. The van der Waals surface area contributed by atoms with Crippen LogP contribution in [-0.2, 0) is 17.1 Å². The van der Waals surface area contributed by atoms with Gasteiger partial charge in [-0.25, -0.2) is 14.5 Å². The van der Waals surface area contributed by atoms with Gasteiger partial charge >= 0.3 is 18.3 Å². The first-order chi connectivity index (χ1) is 11.4. The van der Waals surface area contributed by atoms with Gasteiger partial charge < -0.3 is 5.11 Å². The number of halogens is 7. The number of aromatic nitrogens is 3. The predicted molar refractivity (Wildman–Crippen MR) is 73.4 cm³/mol. The quantitative estimate of drug-likeness (QED) is 0.635. The normalized spacial score (nSPS) is 12.8. The number of hydrogen-bond acceptors (Lipinski definition) is 3. The summed E-state index contributed by atoms with van der Waals surface area (Å²) in [5, 5.41) is 10.6. The van der Waals surface area contributed by atoms with Gasteiger partial charge in [0.25, 0.3) is 0 Å². The lowest BCUT2D eigenvalue weighted by Gasteiger charge is -2.16. The molecule has 0 amide bonds. The Balaban J connectivity index is 2.60. The number of carboxylic acids is 1. The summed E-state index contributed by atoms with van der Waals surface area (Å²) in [7, 11) is 0. The smallest absolute Gasteiger partial charge is 0.417 e. The average Bonchev–Trinajstić information content (AvgIpc) is 2.91. The molecule has 0 unspecified atom stereocenters. The van der Waals surface area contributed by atoms with Gasteiger partial charge in [0.2, 0.25) is 0 Å². The van der Waals surface area contributed by atoms with Gasteiger partial charge in [-0.1, -0.05) is 11.6 Å². The molecule has 0 saturated heterocycles. The molecule has 0 bridgehead atoms. The molecule has 2 aromatic rings. The molecule has 25 heavy (non-hydrogen) atoms. The van der Waals surface area contributed by atoms with Gasteiger partial charge in [0.05, 0.1) is 16.1 Å². The Labute approximate surface area is 140 Å². The molecular weight excluding hydrogens is 380 g/mol. The van der Waals surface area contributed by atoms with Gasteiger partial charge in [-0.3, -0.25) is 0 Å².